The Labute approximate surface area is 232 Å². The fourth-order valence-corrected chi connectivity index (χ4v) is 5.47. The number of halogens is 4. The molecule has 13 heteroatoms. The van der Waals surface area contributed by atoms with Crippen LogP contribution in [0.2, 0.25) is 5.02 Å². The van der Waals surface area contributed by atoms with Crippen molar-refractivity contribution >= 4 is 50.0 Å². The minimum absolute atomic E-state index is 0.0184. The van der Waals surface area contributed by atoms with Crippen LogP contribution in [-0.2, 0) is 12.7 Å². The number of ether oxygens (including phenoxy) is 1. The Morgan fingerprint density at radius 3 is 2.65 bits per heavy atom. The van der Waals surface area contributed by atoms with Gasteiger partial charge < -0.3 is 9.84 Å². The van der Waals surface area contributed by atoms with Gasteiger partial charge in [-0.1, -0.05) is 11.6 Å². The summed E-state index contributed by atoms with van der Waals surface area (Å²) in [5.74, 6) is -0.527. The molecule has 0 aliphatic heterocycles. The normalized spacial score (nSPS) is 11.6. The lowest BCUT2D eigenvalue weighted by Crippen LogP contribution is -2.27. The minimum Gasteiger partial charge on any atom is -0.491 e. The molecule has 0 saturated heterocycles. The van der Waals surface area contributed by atoms with Gasteiger partial charge in [0.1, 0.15) is 29.1 Å². The van der Waals surface area contributed by atoms with Gasteiger partial charge >= 0.3 is 12.1 Å². The number of rotatable bonds is 6. The summed E-state index contributed by atoms with van der Waals surface area (Å²) in [5, 5.41) is 19.0. The first kappa shape index (κ1) is 27.1. The van der Waals surface area contributed by atoms with Crippen molar-refractivity contribution in [3.8, 4) is 22.9 Å². The van der Waals surface area contributed by atoms with Gasteiger partial charge in [0.15, 0.2) is 0 Å². The van der Waals surface area contributed by atoms with Crippen LogP contribution < -0.4 is 10.3 Å². The number of carboxylic acids is 1. The molecular formula is C27H16ClF3N4O4S. The highest BCUT2D eigenvalue weighted by Crippen LogP contribution is 2.39. The zero-order valence-corrected chi connectivity index (χ0v) is 22.0. The summed E-state index contributed by atoms with van der Waals surface area (Å²) >= 11 is 7.32. The molecule has 0 atom stereocenters. The number of nitriles is 1. The van der Waals surface area contributed by atoms with Gasteiger partial charge in [0.25, 0.3) is 5.56 Å². The van der Waals surface area contributed by atoms with Gasteiger partial charge in [-0.15, -0.1) is 11.3 Å². The van der Waals surface area contributed by atoms with Crippen LogP contribution in [-0.4, -0.2) is 32.2 Å². The first-order valence-corrected chi connectivity index (χ1v) is 12.7. The van der Waals surface area contributed by atoms with Crippen molar-refractivity contribution in [3.05, 3.63) is 85.9 Å². The number of alkyl halides is 3. The molecule has 0 amide bonds. The molecule has 3 aromatic heterocycles. The van der Waals surface area contributed by atoms with E-state index in [2.05, 4.69) is 9.97 Å². The Bertz CT molecular complexity index is 1930. The Hall–Kier alpha value is -4.47. The maximum absolute atomic E-state index is 13.3. The van der Waals surface area contributed by atoms with E-state index in [1.54, 1.807) is 36.5 Å². The Balaban J connectivity index is 1.49. The van der Waals surface area contributed by atoms with Crippen LogP contribution >= 0.6 is 22.9 Å². The third-order valence-corrected chi connectivity index (χ3v) is 7.50. The number of nitrogens with zero attached hydrogens (tertiary/aromatic N) is 4. The topological polar surface area (TPSA) is 118 Å². The van der Waals surface area contributed by atoms with Crippen molar-refractivity contribution in [2.24, 2.45) is 0 Å². The van der Waals surface area contributed by atoms with Gasteiger partial charge in [-0.2, -0.15) is 18.4 Å². The molecule has 8 nitrogen and oxygen atoms in total. The molecule has 0 fully saturated rings. The predicted octanol–water partition coefficient (Wildman–Crippen LogP) is 6.30. The highest BCUT2D eigenvalue weighted by atomic mass is 35.5. The lowest BCUT2D eigenvalue weighted by atomic mass is 10.1. The van der Waals surface area contributed by atoms with Crippen LogP contribution in [0, 0.1) is 18.3 Å². The smallest absolute Gasteiger partial charge is 0.416 e. The predicted molar refractivity (Wildman–Crippen MR) is 143 cm³/mol. The average Bonchev–Trinajstić information content (AvgIpc) is 3.35. The zero-order chi connectivity index (χ0) is 28.8. The molecule has 5 rings (SSSR count). The van der Waals surface area contributed by atoms with Crippen LogP contribution in [0.25, 0.3) is 32.2 Å². The van der Waals surface area contributed by atoms with E-state index in [4.69, 9.17) is 16.3 Å². The van der Waals surface area contributed by atoms with Crippen molar-refractivity contribution in [3.63, 3.8) is 0 Å². The molecule has 40 heavy (non-hydrogen) atoms. The summed E-state index contributed by atoms with van der Waals surface area (Å²) in [5.41, 5.74) is -0.642. The van der Waals surface area contributed by atoms with E-state index >= 15 is 0 Å². The fraction of sp³-hybridized carbons (Fsp3) is 0.148. The average molecular weight is 585 g/mol. The number of hydrogen-bond acceptors (Lipinski definition) is 7. The molecule has 0 aliphatic carbocycles. The molecule has 2 aromatic carbocycles. The number of hydrogen-bond donors (Lipinski definition) is 1. The van der Waals surface area contributed by atoms with Crippen LogP contribution in [0.5, 0.6) is 5.75 Å². The number of carboxylic acid groups (broad SMARTS) is 1. The number of aryl methyl sites for hydroxylation is 1. The lowest BCUT2D eigenvalue weighted by Gasteiger charge is -2.16. The fourth-order valence-electron chi connectivity index (χ4n) is 4.31. The van der Waals surface area contributed by atoms with E-state index in [0.717, 1.165) is 17.4 Å². The number of aromatic nitrogens is 3. The van der Waals surface area contributed by atoms with E-state index < -0.39 is 28.8 Å². The number of fused-ring (bicyclic) bond motifs is 2. The van der Waals surface area contributed by atoms with Gasteiger partial charge in [-0.3, -0.25) is 14.3 Å². The van der Waals surface area contributed by atoms with Gasteiger partial charge in [-0.05, 0) is 49.4 Å². The SMILES string of the molecule is Cc1nc2cc(C(F)(F)F)cc(C#N)c2c(=O)n1CCOc1ccc(Cl)cc1-c1ccnc2cc(C(=O)O)sc12. The number of aromatic carboxylic acids is 1. The monoisotopic (exact) mass is 584 g/mol. The van der Waals surface area contributed by atoms with Crippen molar-refractivity contribution in [1.82, 2.24) is 14.5 Å². The standard InChI is InChI=1S/C27H16ClF3N4O4S/c1-13-34-19-9-15(27(29,30)31)8-14(12-32)23(19)25(36)35(13)6-7-39-21-3-2-16(28)10-18(21)17-4-5-33-20-11-22(26(37)38)40-24(17)20/h2-5,8-11H,6-7H2,1H3,(H,37,38). The molecule has 0 bridgehead atoms. The Kier molecular flexibility index (Phi) is 6.95. The quantitative estimate of drug-likeness (QED) is 0.249. The molecule has 1 N–H and O–H groups in total. The summed E-state index contributed by atoms with van der Waals surface area (Å²) < 4.78 is 47.7. The van der Waals surface area contributed by atoms with Gasteiger partial charge in [0.05, 0.1) is 38.8 Å². The molecule has 0 radical (unpaired) electrons. The number of pyridine rings is 1. The second-order valence-corrected chi connectivity index (χ2v) is 10.1. The maximum atomic E-state index is 13.3. The summed E-state index contributed by atoms with van der Waals surface area (Å²) in [7, 11) is 0. The van der Waals surface area contributed by atoms with Crippen molar-refractivity contribution in [2.45, 2.75) is 19.6 Å². The van der Waals surface area contributed by atoms with Gasteiger partial charge in [0, 0.05) is 22.3 Å². The van der Waals surface area contributed by atoms with E-state index in [1.165, 1.54) is 17.6 Å². The van der Waals surface area contributed by atoms with Crippen LogP contribution in [0.4, 0.5) is 13.2 Å². The summed E-state index contributed by atoms with van der Waals surface area (Å²) in [6.07, 6.45) is -3.16. The van der Waals surface area contributed by atoms with Crippen molar-refractivity contribution < 1.29 is 27.8 Å². The molecular weight excluding hydrogens is 569 g/mol. The van der Waals surface area contributed by atoms with Crippen LogP contribution in [0.1, 0.15) is 26.6 Å². The highest BCUT2D eigenvalue weighted by Gasteiger charge is 2.32. The molecule has 0 saturated carbocycles. The summed E-state index contributed by atoms with van der Waals surface area (Å²) in [6.45, 7) is 1.42. The molecule has 0 aliphatic rings. The molecule has 0 unspecified atom stereocenters. The van der Waals surface area contributed by atoms with E-state index in [9.17, 15) is 33.1 Å². The van der Waals surface area contributed by atoms with Crippen LogP contribution in [0.15, 0.2) is 53.5 Å². The van der Waals surface area contributed by atoms with Gasteiger partial charge in [-0.25, -0.2) is 9.78 Å². The van der Waals surface area contributed by atoms with E-state index in [-0.39, 0.29) is 34.8 Å². The van der Waals surface area contributed by atoms with Crippen molar-refractivity contribution in [2.75, 3.05) is 6.61 Å². The zero-order valence-electron chi connectivity index (χ0n) is 20.4. The molecule has 3 heterocycles. The lowest BCUT2D eigenvalue weighted by molar-refractivity contribution is -0.137. The molecule has 0 spiro atoms. The highest BCUT2D eigenvalue weighted by molar-refractivity contribution is 7.21. The second kappa shape index (κ2) is 10.3. The largest absolute Gasteiger partial charge is 0.491 e. The Morgan fingerprint density at radius 1 is 1.18 bits per heavy atom. The third kappa shape index (κ3) is 4.97. The summed E-state index contributed by atoms with van der Waals surface area (Å²) in [4.78, 5) is 33.2. The Morgan fingerprint density at radius 2 is 1.95 bits per heavy atom. The van der Waals surface area contributed by atoms with Crippen molar-refractivity contribution in [1.29, 1.82) is 5.26 Å². The number of benzene rings is 2. The first-order chi connectivity index (χ1) is 19.0. The molecule has 5 aromatic rings. The number of thiophene rings is 1. The molecule has 202 valence electrons. The third-order valence-electron chi connectivity index (χ3n) is 6.12. The maximum Gasteiger partial charge on any atom is 0.416 e. The van der Waals surface area contributed by atoms with E-state index in [0.29, 0.717) is 38.2 Å². The van der Waals surface area contributed by atoms with E-state index in [1.807, 2.05) is 0 Å². The first-order valence-electron chi connectivity index (χ1n) is 11.5. The minimum atomic E-state index is -4.70. The summed E-state index contributed by atoms with van der Waals surface area (Å²) in [6, 6.07) is 11.2. The van der Waals surface area contributed by atoms with Crippen LogP contribution in [0.3, 0.4) is 0 Å². The van der Waals surface area contributed by atoms with Gasteiger partial charge in [0.2, 0.25) is 0 Å². The number of carbonyl (C=O) groups is 1. The second-order valence-electron chi connectivity index (χ2n) is 8.62.